The van der Waals surface area contributed by atoms with Crippen LogP contribution in [0.3, 0.4) is 0 Å². The molecule has 0 N–H and O–H groups in total. The van der Waals surface area contributed by atoms with Gasteiger partial charge in [-0.15, -0.1) is 0 Å². The van der Waals surface area contributed by atoms with Gasteiger partial charge in [0.1, 0.15) is 11.9 Å². The number of carbonyl (C=O) groups is 2. The Balaban J connectivity index is 1.71. The van der Waals surface area contributed by atoms with Gasteiger partial charge in [-0.25, -0.2) is 0 Å². The number of ether oxygens (including phenoxy) is 2. The molecule has 1 aliphatic heterocycles. The fourth-order valence-corrected chi connectivity index (χ4v) is 3.34. The van der Waals surface area contributed by atoms with Crippen LogP contribution in [0, 0.1) is 23.0 Å². The number of benzene rings is 2. The topological polar surface area (TPSA) is 99.0 Å². The van der Waals surface area contributed by atoms with Gasteiger partial charge >= 0.3 is 5.97 Å². The minimum Gasteiger partial charge on any atom is -0.495 e. The zero-order valence-corrected chi connectivity index (χ0v) is 16.5. The summed E-state index contributed by atoms with van der Waals surface area (Å²) < 4.78 is 10.8. The molecule has 0 aliphatic carbocycles. The predicted molar refractivity (Wildman–Crippen MR) is 106 cm³/mol. The summed E-state index contributed by atoms with van der Waals surface area (Å²) in [5, 5.41) is 10.9. The van der Waals surface area contributed by atoms with E-state index in [9.17, 15) is 19.7 Å². The minimum atomic E-state index is -0.667. The van der Waals surface area contributed by atoms with E-state index in [0.717, 1.165) is 5.56 Å². The molecule has 0 spiro atoms. The normalized spacial score (nSPS) is 17.1. The van der Waals surface area contributed by atoms with E-state index in [1.54, 1.807) is 25.1 Å². The van der Waals surface area contributed by atoms with E-state index >= 15 is 0 Å². The maximum Gasteiger partial charge on any atom is 0.311 e. The van der Waals surface area contributed by atoms with Gasteiger partial charge in [0.2, 0.25) is 5.91 Å². The van der Waals surface area contributed by atoms with E-state index in [2.05, 4.69) is 0 Å². The molecule has 1 aliphatic rings. The van der Waals surface area contributed by atoms with Crippen molar-refractivity contribution >= 4 is 23.3 Å². The quantitative estimate of drug-likeness (QED) is 0.419. The molecular formula is C21H22N2O6. The third-order valence-corrected chi connectivity index (χ3v) is 4.93. The zero-order valence-electron chi connectivity index (χ0n) is 16.5. The van der Waals surface area contributed by atoms with Crippen LogP contribution >= 0.6 is 0 Å². The van der Waals surface area contributed by atoms with Gasteiger partial charge in [0.15, 0.2) is 0 Å². The summed E-state index contributed by atoms with van der Waals surface area (Å²) in [5.41, 5.74) is 2.05. The monoisotopic (exact) mass is 398 g/mol. The lowest BCUT2D eigenvalue weighted by Gasteiger charge is -2.20. The molecule has 0 bridgehead atoms. The number of nitro groups is 1. The van der Waals surface area contributed by atoms with Gasteiger partial charge in [0.05, 0.1) is 23.6 Å². The Morgan fingerprint density at radius 1 is 1.28 bits per heavy atom. The highest BCUT2D eigenvalue weighted by Crippen LogP contribution is 2.34. The standard InChI is InChI=1S/C21H22N2O6/c1-13-7-8-19(28-3)18(9-13)22-12-16(11-20(22)24)21(25)29-14(2)15-5-4-6-17(10-15)23(26)27/h4-10,14,16H,11-12H2,1-3H3/t14-,16-/m0/s1. The van der Waals surface area contributed by atoms with Crippen LogP contribution in [-0.4, -0.2) is 30.5 Å². The van der Waals surface area contributed by atoms with E-state index in [-0.39, 0.29) is 24.6 Å². The lowest BCUT2D eigenvalue weighted by Crippen LogP contribution is -2.27. The average molecular weight is 398 g/mol. The molecule has 1 saturated heterocycles. The third-order valence-electron chi connectivity index (χ3n) is 4.93. The summed E-state index contributed by atoms with van der Waals surface area (Å²) in [5.74, 6) is -0.748. The van der Waals surface area contributed by atoms with Crippen molar-refractivity contribution in [2.24, 2.45) is 5.92 Å². The van der Waals surface area contributed by atoms with Gasteiger partial charge in [-0.3, -0.25) is 19.7 Å². The second-order valence-corrected chi connectivity index (χ2v) is 7.01. The molecule has 8 heteroatoms. The first-order valence-electron chi connectivity index (χ1n) is 9.20. The number of carbonyl (C=O) groups excluding carboxylic acids is 2. The minimum absolute atomic E-state index is 0.0393. The van der Waals surface area contributed by atoms with E-state index in [1.165, 1.54) is 24.1 Å². The summed E-state index contributed by atoms with van der Waals surface area (Å²) in [4.78, 5) is 37.1. The van der Waals surface area contributed by atoms with Gasteiger partial charge in [-0.2, -0.15) is 0 Å². The molecule has 152 valence electrons. The first-order chi connectivity index (χ1) is 13.8. The number of non-ortho nitro benzene ring substituents is 1. The van der Waals surface area contributed by atoms with Crippen molar-refractivity contribution < 1.29 is 24.0 Å². The summed E-state index contributed by atoms with van der Waals surface area (Å²) in [6, 6.07) is 11.5. The first kappa shape index (κ1) is 20.3. The van der Waals surface area contributed by atoms with Crippen LogP contribution in [0.1, 0.15) is 30.6 Å². The Hall–Kier alpha value is -3.42. The Kier molecular flexibility index (Phi) is 5.81. The van der Waals surface area contributed by atoms with Crippen molar-refractivity contribution in [2.45, 2.75) is 26.4 Å². The molecule has 0 radical (unpaired) electrons. The molecule has 2 aromatic rings. The highest BCUT2D eigenvalue weighted by Gasteiger charge is 2.38. The van der Waals surface area contributed by atoms with Crippen molar-refractivity contribution in [3.8, 4) is 5.75 Å². The van der Waals surface area contributed by atoms with Crippen LogP contribution in [0.25, 0.3) is 0 Å². The molecule has 3 rings (SSSR count). The summed E-state index contributed by atoms with van der Waals surface area (Å²) >= 11 is 0. The molecular weight excluding hydrogens is 376 g/mol. The number of amides is 1. The number of rotatable bonds is 6. The summed E-state index contributed by atoms with van der Waals surface area (Å²) in [6.45, 7) is 3.75. The number of anilines is 1. The molecule has 1 heterocycles. The molecule has 1 amide bonds. The largest absolute Gasteiger partial charge is 0.495 e. The molecule has 2 aromatic carbocycles. The van der Waals surface area contributed by atoms with E-state index in [1.807, 2.05) is 19.1 Å². The zero-order chi connectivity index (χ0) is 21.1. The lowest BCUT2D eigenvalue weighted by atomic mass is 10.1. The molecule has 8 nitrogen and oxygen atoms in total. The number of aryl methyl sites for hydroxylation is 1. The molecule has 1 fully saturated rings. The van der Waals surface area contributed by atoms with Gasteiger partial charge in [-0.1, -0.05) is 18.2 Å². The Morgan fingerprint density at radius 2 is 2.03 bits per heavy atom. The maximum atomic E-state index is 12.6. The molecule has 2 atom stereocenters. The molecule has 0 saturated carbocycles. The van der Waals surface area contributed by atoms with E-state index in [0.29, 0.717) is 17.0 Å². The van der Waals surface area contributed by atoms with Gasteiger partial charge < -0.3 is 14.4 Å². The Labute approximate surface area is 168 Å². The van der Waals surface area contributed by atoms with Crippen molar-refractivity contribution in [3.05, 3.63) is 63.7 Å². The van der Waals surface area contributed by atoms with Crippen molar-refractivity contribution in [1.29, 1.82) is 0 Å². The molecule has 29 heavy (non-hydrogen) atoms. The molecule has 0 aromatic heterocycles. The second-order valence-electron chi connectivity index (χ2n) is 7.01. The number of esters is 1. The number of nitrogens with zero attached hydrogens (tertiary/aromatic N) is 2. The van der Waals surface area contributed by atoms with Crippen LogP contribution in [0.5, 0.6) is 5.75 Å². The number of methoxy groups -OCH3 is 1. The smallest absolute Gasteiger partial charge is 0.311 e. The lowest BCUT2D eigenvalue weighted by molar-refractivity contribution is -0.385. The van der Waals surface area contributed by atoms with Crippen molar-refractivity contribution in [2.75, 3.05) is 18.6 Å². The van der Waals surface area contributed by atoms with E-state index in [4.69, 9.17) is 9.47 Å². The van der Waals surface area contributed by atoms with Crippen LogP contribution in [0.4, 0.5) is 11.4 Å². The van der Waals surface area contributed by atoms with Crippen molar-refractivity contribution in [3.63, 3.8) is 0 Å². The molecule has 0 unspecified atom stereocenters. The average Bonchev–Trinajstić information content (AvgIpc) is 3.09. The van der Waals surface area contributed by atoms with E-state index < -0.39 is 22.9 Å². The van der Waals surface area contributed by atoms with Crippen LogP contribution in [-0.2, 0) is 14.3 Å². The third kappa shape index (κ3) is 4.37. The van der Waals surface area contributed by atoms with Gasteiger partial charge in [0, 0.05) is 25.1 Å². The van der Waals surface area contributed by atoms with Crippen LogP contribution in [0.15, 0.2) is 42.5 Å². The Bertz CT molecular complexity index is 958. The first-order valence-corrected chi connectivity index (χ1v) is 9.20. The highest BCUT2D eigenvalue weighted by molar-refractivity contribution is 6.00. The fourth-order valence-electron chi connectivity index (χ4n) is 3.34. The van der Waals surface area contributed by atoms with Crippen molar-refractivity contribution in [1.82, 2.24) is 0 Å². The maximum absolute atomic E-state index is 12.6. The van der Waals surface area contributed by atoms with Gasteiger partial charge in [0.25, 0.3) is 5.69 Å². The fraction of sp³-hybridized carbons (Fsp3) is 0.333. The SMILES string of the molecule is COc1ccc(C)cc1N1C[C@@H](C(=O)O[C@@H](C)c2cccc([N+](=O)[O-])c2)CC1=O. The van der Waals surface area contributed by atoms with Crippen LogP contribution < -0.4 is 9.64 Å². The number of hydrogen-bond acceptors (Lipinski definition) is 6. The number of nitro benzene ring substituents is 1. The predicted octanol–water partition coefficient (Wildman–Crippen LogP) is 3.57. The van der Waals surface area contributed by atoms with Gasteiger partial charge in [-0.05, 0) is 37.1 Å². The van der Waals surface area contributed by atoms with Crippen LogP contribution in [0.2, 0.25) is 0 Å². The summed E-state index contributed by atoms with van der Waals surface area (Å²) in [6.07, 6.45) is -0.627. The second kappa shape index (κ2) is 8.30. The summed E-state index contributed by atoms with van der Waals surface area (Å²) in [7, 11) is 1.53. The Morgan fingerprint density at radius 3 is 2.72 bits per heavy atom. The highest BCUT2D eigenvalue weighted by atomic mass is 16.6. The number of hydrogen-bond donors (Lipinski definition) is 0.